The summed E-state index contributed by atoms with van der Waals surface area (Å²) in [5, 5.41) is 7.52. The van der Waals surface area contributed by atoms with E-state index in [1.807, 2.05) is 37.4 Å². The fourth-order valence-electron chi connectivity index (χ4n) is 1.95. The Balaban J connectivity index is 1.94. The van der Waals surface area contributed by atoms with Crippen LogP contribution in [0.15, 0.2) is 72.4 Å². The van der Waals surface area contributed by atoms with Crippen molar-refractivity contribution in [2.75, 3.05) is 18.5 Å². The van der Waals surface area contributed by atoms with Crippen molar-refractivity contribution in [3.63, 3.8) is 0 Å². The Kier molecular flexibility index (Phi) is 6.32. The zero-order valence-electron chi connectivity index (χ0n) is 13.1. The van der Waals surface area contributed by atoms with E-state index < -0.39 is 0 Å². The first-order valence-electron chi connectivity index (χ1n) is 7.27. The van der Waals surface area contributed by atoms with Crippen molar-refractivity contribution in [1.82, 2.24) is 10.7 Å². The number of nitrogens with zero attached hydrogens (tertiary/aromatic N) is 2. The van der Waals surface area contributed by atoms with Crippen molar-refractivity contribution in [1.29, 1.82) is 0 Å². The Morgan fingerprint density at radius 3 is 2.43 bits per heavy atom. The molecule has 0 fully saturated rings. The number of hydrogen-bond donors (Lipinski definition) is 2. The summed E-state index contributed by atoms with van der Waals surface area (Å²) in [6, 6.07) is 18.4. The fourth-order valence-corrected chi connectivity index (χ4v) is 2.09. The Morgan fingerprint density at radius 1 is 1.13 bits per heavy atom. The highest BCUT2D eigenvalue weighted by Gasteiger charge is 2.02. The molecule has 2 aromatic carbocycles. The molecule has 0 saturated carbocycles. The van der Waals surface area contributed by atoms with E-state index in [2.05, 4.69) is 51.6 Å². The molecule has 0 aliphatic heterocycles. The van der Waals surface area contributed by atoms with Gasteiger partial charge in [-0.05, 0) is 42.0 Å². The Bertz CT molecular complexity index is 665. The van der Waals surface area contributed by atoms with Crippen molar-refractivity contribution in [2.24, 2.45) is 5.10 Å². The summed E-state index contributed by atoms with van der Waals surface area (Å²) < 4.78 is 0. The third-order valence-electron chi connectivity index (χ3n) is 3.21. The van der Waals surface area contributed by atoms with Gasteiger partial charge in [0, 0.05) is 25.0 Å². The van der Waals surface area contributed by atoms with Crippen LogP contribution >= 0.6 is 12.2 Å². The summed E-state index contributed by atoms with van der Waals surface area (Å²) in [5.74, 6) is 0. The number of hydrazone groups is 1. The first-order valence-corrected chi connectivity index (χ1v) is 7.68. The van der Waals surface area contributed by atoms with Gasteiger partial charge < -0.3 is 10.2 Å². The maximum Gasteiger partial charge on any atom is 0.187 e. The molecule has 0 radical (unpaired) electrons. The van der Waals surface area contributed by atoms with Crippen molar-refractivity contribution in [3.8, 4) is 0 Å². The molecule has 4 nitrogen and oxygen atoms in total. The van der Waals surface area contributed by atoms with Gasteiger partial charge >= 0.3 is 0 Å². The third-order valence-corrected chi connectivity index (χ3v) is 3.45. The minimum Gasteiger partial charge on any atom is -0.358 e. The van der Waals surface area contributed by atoms with Crippen LogP contribution in [0.5, 0.6) is 0 Å². The average Bonchev–Trinajstić information content (AvgIpc) is 2.60. The van der Waals surface area contributed by atoms with E-state index >= 15 is 0 Å². The van der Waals surface area contributed by atoms with Gasteiger partial charge in [-0.1, -0.05) is 36.4 Å². The molecule has 0 amide bonds. The molecule has 2 aromatic rings. The van der Waals surface area contributed by atoms with Crippen molar-refractivity contribution in [2.45, 2.75) is 0 Å². The number of para-hydroxylation sites is 1. The van der Waals surface area contributed by atoms with Gasteiger partial charge in [-0.2, -0.15) is 5.10 Å². The fraction of sp³-hybridized carbons (Fsp3) is 0.111. The zero-order chi connectivity index (χ0) is 16.5. The summed E-state index contributed by atoms with van der Waals surface area (Å²) in [6.45, 7) is 4.23. The molecule has 2 rings (SSSR count). The highest BCUT2D eigenvalue weighted by molar-refractivity contribution is 7.80. The molecule has 0 bridgehead atoms. The number of anilines is 2. The van der Waals surface area contributed by atoms with Crippen molar-refractivity contribution in [3.05, 3.63) is 72.8 Å². The minimum absolute atomic E-state index is 0.474. The molecule has 0 aromatic heterocycles. The molecule has 0 spiro atoms. The van der Waals surface area contributed by atoms with Crippen molar-refractivity contribution >= 4 is 34.9 Å². The number of hydrogen-bond acceptors (Lipinski definition) is 3. The van der Waals surface area contributed by atoms with Gasteiger partial charge in [-0.3, -0.25) is 5.43 Å². The molecule has 0 heterocycles. The van der Waals surface area contributed by atoms with Crippen LogP contribution in [0.4, 0.5) is 11.4 Å². The highest BCUT2D eigenvalue weighted by atomic mass is 32.1. The molecule has 0 atom stereocenters. The van der Waals surface area contributed by atoms with E-state index in [1.165, 1.54) is 0 Å². The molecule has 2 N–H and O–H groups in total. The first-order chi connectivity index (χ1) is 11.2. The minimum atomic E-state index is 0.474. The topological polar surface area (TPSA) is 39.7 Å². The third kappa shape index (κ3) is 5.23. The van der Waals surface area contributed by atoms with E-state index in [1.54, 1.807) is 12.3 Å². The second kappa shape index (κ2) is 8.70. The van der Waals surface area contributed by atoms with Crippen LogP contribution in [0.1, 0.15) is 5.56 Å². The van der Waals surface area contributed by atoms with E-state index in [0.717, 1.165) is 16.9 Å². The molecular weight excluding hydrogens is 304 g/mol. The summed E-state index contributed by atoms with van der Waals surface area (Å²) in [6.07, 6.45) is 3.47. The van der Waals surface area contributed by atoms with Crippen LogP contribution in [-0.4, -0.2) is 24.9 Å². The second-order valence-electron chi connectivity index (χ2n) is 4.85. The van der Waals surface area contributed by atoms with Crippen LogP contribution in [0.3, 0.4) is 0 Å². The Morgan fingerprint density at radius 2 is 1.78 bits per heavy atom. The molecular formula is C18H20N4S. The quantitative estimate of drug-likeness (QED) is 0.370. The van der Waals surface area contributed by atoms with Gasteiger partial charge in [0.25, 0.3) is 0 Å². The van der Waals surface area contributed by atoms with E-state index in [9.17, 15) is 0 Å². The first kappa shape index (κ1) is 16.7. The average molecular weight is 324 g/mol. The standard InChI is InChI=1S/C18H20N4S/c1-3-13-19-18(23)21-20-14-15-9-11-17(12-10-15)22(2)16-7-5-4-6-8-16/h3-12,14H,1,13H2,2H3,(H2,19,21,23). The number of nitrogens with one attached hydrogen (secondary N) is 2. The van der Waals surface area contributed by atoms with Gasteiger partial charge in [0.15, 0.2) is 5.11 Å². The molecule has 5 heteroatoms. The lowest BCUT2D eigenvalue weighted by molar-refractivity contribution is 0.942. The summed E-state index contributed by atoms with van der Waals surface area (Å²) >= 11 is 5.05. The number of benzene rings is 2. The summed E-state index contributed by atoms with van der Waals surface area (Å²) in [5.41, 5.74) is 6.02. The lowest BCUT2D eigenvalue weighted by Gasteiger charge is -2.19. The predicted molar refractivity (Wildman–Crippen MR) is 102 cm³/mol. The Hall–Kier alpha value is -2.66. The largest absolute Gasteiger partial charge is 0.358 e. The lowest BCUT2D eigenvalue weighted by atomic mass is 10.2. The van der Waals surface area contributed by atoms with Gasteiger partial charge in [-0.15, -0.1) is 6.58 Å². The number of rotatable bonds is 6. The van der Waals surface area contributed by atoms with Crippen LogP contribution in [0.2, 0.25) is 0 Å². The van der Waals surface area contributed by atoms with Gasteiger partial charge in [0.2, 0.25) is 0 Å². The SMILES string of the molecule is C=CCNC(=S)NN=Cc1ccc(N(C)c2ccccc2)cc1. The molecule has 0 unspecified atom stereocenters. The van der Waals surface area contributed by atoms with Crippen LogP contribution in [-0.2, 0) is 0 Å². The van der Waals surface area contributed by atoms with E-state index in [-0.39, 0.29) is 0 Å². The molecule has 23 heavy (non-hydrogen) atoms. The normalized spacial score (nSPS) is 10.3. The summed E-state index contributed by atoms with van der Waals surface area (Å²) in [7, 11) is 2.05. The molecule has 0 aliphatic rings. The molecule has 118 valence electrons. The number of thiocarbonyl (C=S) groups is 1. The molecule has 0 aliphatic carbocycles. The van der Waals surface area contributed by atoms with E-state index in [4.69, 9.17) is 12.2 Å². The molecule has 0 saturated heterocycles. The second-order valence-corrected chi connectivity index (χ2v) is 5.26. The highest BCUT2D eigenvalue weighted by Crippen LogP contribution is 2.22. The van der Waals surface area contributed by atoms with Crippen molar-refractivity contribution < 1.29 is 0 Å². The summed E-state index contributed by atoms with van der Waals surface area (Å²) in [4.78, 5) is 2.13. The van der Waals surface area contributed by atoms with Gasteiger partial charge in [0.1, 0.15) is 0 Å². The predicted octanol–water partition coefficient (Wildman–Crippen LogP) is 3.44. The van der Waals surface area contributed by atoms with Crippen LogP contribution in [0.25, 0.3) is 0 Å². The van der Waals surface area contributed by atoms with Crippen LogP contribution < -0.4 is 15.6 Å². The maximum atomic E-state index is 5.05. The maximum absolute atomic E-state index is 5.05. The van der Waals surface area contributed by atoms with Gasteiger partial charge in [-0.25, -0.2) is 0 Å². The van der Waals surface area contributed by atoms with Crippen LogP contribution in [0, 0.1) is 0 Å². The lowest BCUT2D eigenvalue weighted by Crippen LogP contribution is -2.31. The monoisotopic (exact) mass is 324 g/mol. The smallest absolute Gasteiger partial charge is 0.187 e. The zero-order valence-corrected chi connectivity index (χ0v) is 13.9. The van der Waals surface area contributed by atoms with Gasteiger partial charge in [0.05, 0.1) is 6.21 Å². The Labute approximate surface area is 142 Å². The van der Waals surface area contributed by atoms with E-state index in [0.29, 0.717) is 11.7 Å².